The number of aromatic nitrogens is 1. The lowest BCUT2D eigenvalue weighted by molar-refractivity contribution is -0.128. The van der Waals surface area contributed by atoms with Crippen LogP contribution in [-0.4, -0.2) is 34.6 Å². The minimum absolute atomic E-state index is 0.0170. The number of aliphatic hydroxyl groups excluding tert-OH is 1. The van der Waals surface area contributed by atoms with E-state index in [9.17, 15) is 4.79 Å². The van der Waals surface area contributed by atoms with Gasteiger partial charge in [0.05, 0.1) is 6.61 Å². The maximum atomic E-state index is 11.3. The fourth-order valence-electron chi connectivity index (χ4n) is 1.25. The predicted octanol–water partition coefficient (Wildman–Crippen LogP) is 0.459. The van der Waals surface area contributed by atoms with Gasteiger partial charge in [-0.3, -0.25) is 4.79 Å². The van der Waals surface area contributed by atoms with Gasteiger partial charge in [0.2, 0.25) is 5.91 Å². The van der Waals surface area contributed by atoms with E-state index in [1.165, 1.54) is 0 Å². The molecule has 1 N–H and O–H groups in total. The molecule has 1 amide bonds. The van der Waals surface area contributed by atoms with Crippen LogP contribution in [0.4, 0.5) is 0 Å². The fourth-order valence-corrected chi connectivity index (χ4v) is 1.25. The fraction of sp³-hybridized carbons (Fsp3) is 0.500. The second-order valence-corrected chi connectivity index (χ2v) is 3.39. The molecule has 0 unspecified atom stereocenters. The molecule has 14 heavy (non-hydrogen) atoms. The Kier molecular flexibility index (Phi) is 3.71. The maximum Gasteiger partial charge on any atom is 0.223 e. The Morgan fingerprint density at radius 1 is 1.57 bits per heavy atom. The van der Waals surface area contributed by atoms with Crippen LogP contribution < -0.4 is 0 Å². The summed E-state index contributed by atoms with van der Waals surface area (Å²) in [6, 6.07) is 3.71. The molecule has 1 rings (SSSR count). The van der Waals surface area contributed by atoms with Crippen LogP contribution in [-0.2, 0) is 17.9 Å². The molecule has 1 heterocycles. The highest BCUT2D eigenvalue weighted by Gasteiger charge is 2.05. The molecule has 4 nitrogen and oxygen atoms in total. The minimum atomic E-state index is 0.0170. The number of carbonyl (C=O) groups excluding carboxylic acids is 1. The van der Waals surface area contributed by atoms with Crippen molar-refractivity contribution in [3.8, 4) is 0 Å². The van der Waals surface area contributed by atoms with Crippen molar-refractivity contribution in [2.45, 2.75) is 19.6 Å². The Bertz CT molecular complexity index is 305. The molecule has 0 saturated carbocycles. The molecule has 0 aliphatic carbocycles. The van der Waals surface area contributed by atoms with Gasteiger partial charge in [-0.25, -0.2) is 0 Å². The number of aryl methyl sites for hydroxylation is 1. The van der Waals surface area contributed by atoms with E-state index in [2.05, 4.69) is 0 Å². The third kappa shape index (κ3) is 2.60. The number of rotatable bonds is 4. The molecule has 0 fully saturated rings. The highest BCUT2D eigenvalue weighted by Crippen LogP contribution is 2.03. The van der Waals surface area contributed by atoms with E-state index in [0.717, 1.165) is 5.69 Å². The predicted molar refractivity (Wildman–Crippen MR) is 53.7 cm³/mol. The number of amides is 1. The molecule has 0 aromatic carbocycles. The van der Waals surface area contributed by atoms with E-state index in [0.29, 0.717) is 13.0 Å². The van der Waals surface area contributed by atoms with Crippen molar-refractivity contribution >= 4 is 5.91 Å². The molecule has 0 atom stereocenters. The van der Waals surface area contributed by atoms with Gasteiger partial charge in [0, 0.05) is 39.0 Å². The molecular weight excluding hydrogens is 180 g/mol. The molecule has 0 saturated heterocycles. The number of hydrogen-bond acceptors (Lipinski definition) is 2. The monoisotopic (exact) mass is 196 g/mol. The highest BCUT2D eigenvalue weighted by molar-refractivity contribution is 5.75. The minimum Gasteiger partial charge on any atom is -0.390 e. The van der Waals surface area contributed by atoms with Gasteiger partial charge in [-0.1, -0.05) is 0 Å². The summed E-state index contributed by atoms with van der Waals surface area (Å²) >= 11 is 0. The number of nitrogens with zero attached hydrogens (tertiary/aromatic N) is 2. The van der Waals surface area contributed by atoms with E-state index in [4.69, 9.17) is 5.11 Å². The van der Waals surface area contributed by atoms with Crippen LogP contribution in [0.5, 0.6) is 0 Å². The van der Waals surface area contributed by atoms with E-state index in [1.54, 1.807) is 19.0 Å². The Labute approximate surface area is 83.8 Å². The van der Waals surface area contributed by atoms with Gasteiger partial charge >= 0.3 is 0 Å². The molecule has 0 spiro atoms. The number of hydrogen-bond donors (Lipinski definition) is 1. The zero-order chi connectivity index (χ0) is 10.6. The van der Waals surface area contributed by atoms with Crippen molar-refractivity contribution in [3.05, 3.63) is 24.0 Å². The Morgan fingerprint density at radius 3 is 2.86 bits per heavy atom. The van der Waals surface area contributed by atoms with Crippen molar-refractivity contribution in [2.24, 2.45) is 0 Å². The van der Waals surface area contributed by atoms with Crippen LogP contribution >= 0.6 is 0 Å². The molecule has 1 aromatic heterocycles. The molecule has 4 heteroatoms. The summed E-state index contributed by atoms with van der Waals surface area (Å²) in [7, 11) is 3.48. The molecule has 1 aromatic rings. The van der Waals surface area contributed by atoms with Gasteiger partial charge in [-0.05, 0) is 12.1 Å². The summed E-state index contributed by atoms with van der Waals surface area (Å²) in [4.78, 5) is 12.9. The first-order valence-electron chi connectivity index (χ1n) is 4.60. The first-order chi connectivity index (χ1) is 6.65. The first kappa shape index (κ1) is 10.8. The standard InChI is InChI=1S/C10H16N2O2/c1-11(2)10(14)5-7-12-6-3-4-9(12)8-13/h3-4,6,13H,5,7-8H2,1-2H3. The molecule has 0 bridgehead atoms. The van der Waals surface area contributed by atoms with Crippen molar-refractivity contribution in [2.75, 3.05) is 14.1 Å². The summed E-state index contributed by atoms with van der Waals surface area (Å²) in [6.07, 6.45) is 2.34. The summed E-state index contributed by atoms with van der Waals surface area (Å²) in [5.41, 5.74) is 0.844. The molecule has 0 aliphatic rings. The average molecular weight is 196 g/mol. The van der Waals surface area contributed by atoms with Crippen LogP contribution in [0.15, 0.2) is 18.3 Å². The summed E-state index contributed by atoms with van der Waals surface area (Å²) in [6.45, 7) is 0.642. The van der Waals surface area contributed by atoms with E-state index >= 15 is 0 Å². The van der Waals surface area contributed by atoms with Gasteiger partial charge in [-0.2, -0.15) is 0 Å². The van der Waals surface area contributed by atoms with Gasteiger partial charge < -0.3 is 14.6 Å². The second kappa shape index (κ2) is 4.81. The molecule has 0 radical (unpaired) electrons. The third-order valence-electron chi connectivity index (χ3n) is 2.15. The van der Waals surface area contributed by atoms with E-state index < -0.39 is 0 Å². The Balaban J connectivity index is 2.49. The van der Waals surface area contributed by atoms with Crippen LogP contribution in [0.25, 0.3) is 0 Å². The topological polar surface area (TPSA) is 45.5 Å². The van der Waals surface area contributed by atoms with Crippen LogP contribution in [0, 0.1) is 0 Å². The Hall–Kier alpha value is -1.29. The van der Waals surface area contributed by atoms with E-state index in [-0.39, 0.29) is 12.5 Å². The van der Waals surface area contributed by atoms with Gasteiger partial charge in [0.15, 0.2) is 0 Å². The summed E-state index contributed by atoms with van der Waals surface area (Å²) in [5.74, 6) is 0.0996. The normalized spacial score (nSPS) is 10.2. The van der Waals surface area contributed by atoms with E-state index in [1.807, 2.05) is 22.9 Å². The van der Waals surface area contributed by atoms with Crippen molar-refractivity contribution in [3.63, 3.8) is 0 Å². The molecule has 78 valence electrons. The number of carbonyl (C=O) groups is 1. The van der Waals surface area contributed by atoms with Gasteiger partial charge in [-0.15, -0.1) is 0 Å². The second-order valence-electron chi connectivity index (χ2n) is 3.39. The molecule has 0 aliphatic heterocycles. The van der Waals surface area contributed by atoms with Crippen molar-refractivity contribution in [1.82, 2.24) is 9.47 Å². The lowest BCUT2D eigenvalue weighted by atomic mass is 10.3. The van der Waals surface area contributed by atoms with Crippen LogP contribution in [0.3, 0.4) is 0 Å². The highest BCUT2D eigenvalue weighted by atomic mass is 16.3. The lowest BCUT2D eigenvalue weighted by Crippen LogP contribution is -2.23. The van der Waals surface area contributed by atoms with Crippen molar-refractivity contribution < 1.29 is 9.90 Å². The average Bonchev–Trinajstić information content (AvgIpc) is 2.60. The Morgan fingerprint density at radius 2 is 2.29 bits per heavy atom. The quantitative estimate of drug-likeness (QED) is 0.760. The zero-order valence-corrected chi connectivity index (χ0v) is 8.60. The first-order valence-corrected chi connectivity index (χ1v) is 4.60. The lowest BCUT2D eigenvalue weighted by Gasteiger charge is -2.11. The molecular formula is C10H16N2O2. The van der Waals surface area contributed by atoms with Crippen molar-refractivity contribution in [1.29, 1.82) is 0 Å². The van der Waals surface area contributed by atoms with Gasteiger partial charge in [0.1, 0.15) is 0 Å². The zero-order valence-electron chi connectivity index (χ0n) is 8.60. The van der Waals surface area contributed by atoms with Crippen LogP contribution in [0.2, 0.25) is 0 Å². The summed E-state index contributed by atoms with van der Waals surface area (Å²) < 4.78 is 1.89. The number of aliphatic hydroxyl groups is 1. The third-order valence-corrected chi connectivity index (χ3v) is 2.15. The largest absolute Gasteiger partial charge is 0.390 e. The SMILES string of the molecule is CN(C)C(=O)CCn1cccc1CO. The van der Waals surface area contributed by atoms with Gasteiger partial charge in [0.25, 0.3) is 0 Å². The van der Waals surface area contributed by atoms with Crippen LogP contribution in [0.1, 0.15) is 12.1 Å². The summed E-state index contributed by atoms with van der Waals surface area (Å²) in [5, 5.41) is 8.97. The smallest absolute Gasteiger partial charge is 0.223 e. The maximum absolute atomic E-state index is 11.3.